The first-order chi connectivity index (χ1) is 11.4. The Morgan fingerprint density at radius 3 is 2.28 bits per heavy atom. The van der Waals surface area contributed by atoms with Gasteiger partial charge in [-0.05, 0) is 44.5 Å². The lowest BCUT2D eigenvalue weighted by Crippen LogP contribution is -2.39. The number of esters is 1. The van der Waals surface area contributed by atoms with Crippen LogP contribution in [0, 0.1) is 0 Å². The van der Waals surface area contributed by atoms with Crippen molar-refractivity contribution in [3.05, 3.63) is 29.8 Å². The summed E-state index contributed by atoms with van der Waals surface area (Å²) in [6.45, 7) is 5.47. The van der Waals surface area contributed by atoms with Gasteiger partial charge in [0, 0.05) is 11.3 Å². The van der Waals surface area contributed by atoms with E-state index in [4.69, 9.17) is 10.5 Å². The Morgan fingerprint density at radius 2 is 1.76 bits per heavy atom. The summed E-state index contributed by atoms with van der Waals surface area (Å²) >= 11 is 0. The Bertz CT molecular complexity index is 578. The van der Waals surface area contributed by atoms with E-state index in [1.807, 2.05) is 6.92 Å². The van der Waals surface area contributed by atoms with Gasteiger partial charge < -0.3 is 21.1 Å². The van der Waals surface area contributed by atoms with Crippen LogP contribution in [-0.4, -0.2) is 36.5 Å². The third-order valence-corrected chi connectivity index (χ3v) is 3.34. The number of ether oxygens (including phenoxy) is 1. The van der Waals surface area contributed by atoms with Crippen molar-refractivity contribution in [2.24, 2.45) is 5.73 Å². The fourth-order valence-corrected chi connectivity index (χ4v) is 1.99. The lowest BCUT2D eigenvalue weighted by Gasteiger charge is -2.13. The fourth-order valence-electron chi connectivity index (χ4n) is 1.99. The minimum absolute atomic E-state index is 0. The highest BCUT2D eigenvalue weighted by atomic mass is 35.5. The zero-order chi connectivity index (χ0) is 18.1. The number of anilines is 1. The summed E-state index contributed by atoms with van der Waals surface area (Å²) in [7, 11) is 0. The SMILES string of the molecule is CCCC(N)C(=O)Nc1ccc(C(=O)NC(C)C(=O)OCC)cc1.Cl. The second-order valence-corrected chi connectivity index (χ2v) is 5.41. The molecule has 1 rings (SSSR count). The van der Waals surface area contributed by atoms with Crippen LogP contribution in [0.1, 0.15) is 44.0 Å². The molecule has 0 bridgehead atoms. The Kier molecular flexibility index (Phi) is 10.5. The molecule has 0 aliphatic heterocycles. The van der Waals surface area contributed by atoms with Gasteiger partial charge in [0.1, 0.15) is 6.04 Å². The molecule has 0 saturated heterocycles. The molecule has 0 saturated carbocycles. The standard InChI is InChI=1S/C17H25N3O4.ClH/c1-4-6-14(18)16(22)20-13-9-7-12(8-10-13)15(21)19-11(3)17(23)24-5-2;/h7-11,14H,4-6,18H2,1-3H3,(H,19,21)(H,20,22);1H. The smallest absolute Gasteiger partial charge is 0.328 e. The van der Waals surface area contributed by atoms with Gasteiger partial charge in [0.2, 0.25) is 5.91 Å². The third-order valence-electron chi connectivity index (χ3n) is 3.34. The molecule has 7 nitrogen and oxygen atoms in total. The molecular weight excluding hydrogens is 346 g/mol. The summed E-state index contributed by atoms with van der Waals surface area (Å²) in [5.74, 6) is -1.14. The highest BCUT2D eigenvalue weighted by molar-refractivity contribution is 5.98. The van der Waals surface area contributed by atoms with Crippen LogP contribution in [0.5, 0.6) is 0 Å². The average molecular weight is 372 g/mol. The van der Waals surface area contributed by atoms with Crippen LogP contribution in [0.15, 0.2) is 24.3 Å². The number of carbonyl (C=O) groups excluding carboxylic acids is 3. The van der Waals surface area contributed by atoms with Crippen LogP contribution >= 0.6 is 12.4 Å². The topological polar surface area (TPSA) is 111 Å². The maximum absolute atomic E-state index is 12.1. The van der Waals surface area contributed by atoms with E-state index in [-0.39, 0.29) is 24.9 Å². The van der Waals surface area contributed by atoms with Crippen molar-refractivity contribution >= 4 is 35.9 Å². The molecule has 2 atom stereocenters. The summed E-state index contributed by atoms with van der Waals surface area (Å²) in [5.41, 5.74) is 6.68. The van der Waals surface area contributed by atoms with Gasteiger partial charge in [-0.2, -0.15) is 0 Å². The van der Waals surface area contributed by atoms with Crippen molar-refractivity contribution in [2.75, 3.05) is 11.9 Å². The molecule has 0 aliphatic carbocycles. The van der Waals surface area contributed by atoms with Gasteiger partial charge in [-0.15, -0.1) is 12.4 Å². The van der Waals surface area contributed by atoms with Crippen LogP contribution in [0.3, 0.4) is 0 Å². The van der Waals surface area contributed by atoms with E-state index in [1.54, 1.807) is 38.1 Å². The molecule has 2 unspecified atom stereocenters. The number of halogens is 1. The molecule has 0 fully saturated rings. The van der Waals surface area contributed by atoms with Gasteiger partial charge in [-0.1, -0.05) is 13.3 Å². The molecule has 0 radical (unpaired) electrons. The van der Waals surface area contributed by atoms with E-state index in [1.165, 1.54) is 0 Å². The Hall–Kier alpha value is -2.12. The largest absolute Gasteiger partial charge is 0.464 e. The quantitative estimate of drug-likeness (QED) is 0.604. The second kappa shape index (κ2) is 11.4. The van der Waals surface area contributed by atoms with E-state index in [0.29, 0.717) is 17.7 Å². The van der Waals surface area contributed by atoms with Crippen LogP contribution in [0.4, 0.5) is 5.69 Å². The lowest BCUT2D eigenvalue weighted by molar-refractivity contribution is -0.144. The van der Waals surface area contributed by atoms with E-state index in [9.17, 15) is 14.4 Å². The Labute approximate surface area is 154 Å². The summed E-state index contributed by atoms with van der Waals surface area (Å²) < 4.78 is 4.83. The van der Waals surface area contributed by atoms with E-state index < -0.39 is 24.0 Å². The summed E-state index contributed by atoms with van der Waals surface area (Å²) in [6.07, 6.45) is 1.43. The number of amides is 2. The van der Waals surface area contributed by atoms with E-state index >= 15 is 0 Å². The Morgan fingerprint density at radius 1 is 1.16 bits per heavy atom. The van der Waals surface area contributed by atoms with Gasteiger partial charge >= 0.3 is 5.97 Å². The molecule has 0 aromatic heterocycles. The number of rotatable bonds is 8. The molecule has 1 aromatic carbocycles. The van der Waals surface area contributed by atoms with Crippen molar-refractivity contribution in [3.63, 3.8) is 0 Å². The minimum atomic E-state index is -0.733. The predicted octanol–water partition coefficient (Wildman–Crippen LogP) is 1.86. The zero-order valence-corrected chi connectivity index (χ0v) is 15.5. The molecular formula is C17H26ClN3O4. The van der Waals surface area contributed by atoms with Crippen LogP contribution in [0.25, 0.3) is 0 Å². The van der Waals surface area contributed by atoms with Gasteiger partial charge in [-0.3, -0.25) is 9.59 Å². The van der Waals surface area contributed by atoms with Crippen LogP contribution in [0.2, 0.25) is 0 Å². The minimum Gasteiger partial charge on any atom is -0.464 e. The van der Waals surface area contributed by atoms with Gasteiger partial charge in [0.15, 0.2) is 0 Å². The molecule has 25 heavy (non-hydrogen) atoms. The van der Waals surface area contributed by atoms with Crippen molar-refractivity contribution in [3.8, 4) is 0 Å². The first-order valence-corrected chi connectivity index (χ1v) is 8.03. The number of nitrogens with one attached hydrogen (secondary N) is 2. The molecule has 2 amide bonds. The van der Waals surface area contributed by atoms with Crippen LogP contribution < -0.4 is 16.4 Å². The van der Waals surface area contributed by atoms with E-state index in [0.717, 1.165) is 6.42 Å². The van der Waals surface area contributed by atoms with Crippen molar-refractivity contribution in [1.82, 2.24) is 5.32 Å². The van der Waals surface area contributed by atoms with Gasteiger partial charge in [-0.25, -0.2) is 4.79 Å². The zero-order valence-electron chi connectivity index (χ0n) is 14.7. The van der Waals surface area contributed by atoms with Crippen molar-refractivity contribution in [1.29, 1.82) is 0 Å². The Balaban J connectivity index is 0.00000576. The average Bonchev–Trinajstić information content (AvgIpc) is 2.55. The molecule has 4 N–H and O–H groups in total. The molecule has 0 spiro atoms. The maximum atomic E-state index is 12.1. The fraction of sp³-hybridized carbons (Fsp3) is 0.471. The third kappa shape index (κ3) is 7.53. The first kappa shape index (κ1) is 22.9. The highest BCUT2D eigenvalue weighted by Crippen LogP contribution is 2.11. The summed E-state index contributed by atoms with van der Waals surface area (Å²) in [5, 5.41) is 5.25. The molecule has 8 heteroatoms. The van der Waals surface area contributed by atoms with Gasteiger partial charge in [0.05, 0.1) is 12.6 Å². The first-order valence-electron chi connectivity index (χ1n) is 8.03. The molecule has 0 aliphatic rings. The van der Waals surface area contributed by atoms with Crippen molar-refractivity contribution < 1.29 is 19.1 Å². The monoisotopic (exact) mass is 371 g/mol. The maximum Gasteiger partial charge on any atom is 0.328 e. The summed E-state index contributed by atoms with van der Waals surface area (Å²) in [4.78, 5) is 35.4. The normalized spacial score (nSPS) is 12.3. The summed E-state index contributed by atoms with van der Waals surface area (Å²) in [6, 6.07) is 5.07. The number of benzene rings is 1. The molecule has 1 aromatic rings. The van der Waals surface area contributed by atoms with Gasteiger partial charge in [0.25, 0.3) is 5.91 Å². The van der Waals surface area contributed by atoms with Crippen LogP contribution in [-0.2, 0) is 14.3 Å². The second-order valence-electron chi connectivity index (χ2n) is 5.41. The number of carbonyl (C=O) groups is 3. The number of hydrogen-bond donors (Lipinski definition) is 3. The molecule has 0 heterocycles. The predicted molar refractivity (Wildman–Crippen MR) is 98.8 cm³/mol. The lowest BCUT2D eigenvalue weighted by atomic mass is 10.1. The van der Waals surface area contributed by atoms with E-state index in [2.05, 4.69) is 10.6 Å². The molecule has 140 valence electrons. The number of nitrogens with two attached hydrogens (primary N) is 1. The van der Waals surface area contributed by atoms with Crippen molar-refractivity contribution in [2.45, 2.75) is 45.7 Å². The number of hydrogen-bond acceptors (Lipinski definition) is 5. The highest BCUT2D eigenvalue weighted by Gasteiger charge is 2.17.